The zero-order chi connectivity index (χ0) is 9.19. The number of nitrogens with two attached hydrogens (primary N) is 1. The SMILES string of the molecule is CCC1CCCC1NS(N)(=O)=O. The Morgan fingerprint density at radius 3 is 2.67 bits per heavy atom. The molecular formula is C7H16N2O2S. The molecule has 0 aliphatic heterocycles. The minimum atomic E-state index is -3.50. The van der Waals surface area contributed by atoms with E-state index in [1.54, 1.807) is 0 Å². The molecule has 0 heterocycles. The van der Waals surface area contributed by atoms with Gasteiger partial charge in [-0.3, -0.25) is 0 Å². The average Bonchev–Trinajstić information content (AvgIpc) is 2.31. The zero-order valence-electron chi connectivity index (χ0n) is 7.29. The highest BCUT2D eigenvalue weighted by atomic mass is 32.2. The quantitative estimate of drug-likeness (QED) is 0.677. The van der Waals surface area contributed by atoms with E-state index in [-0.39, 0.29) is 6.04 Å². The summed E-state index contributed by atoms with van der Waals surface area (Å²) in [7, 11) is -3.50. The van der Waals surface area contributed by atoms with Gasteiger partial charge in [-0.2, -0.15) is 13.1 Å². The van der Waals surface area contributed by atoms with Gasteiger partial charge in [0.05, 0.1) is 0 Å². The summed E-state index contributed by atoms with van der Waals surface area (Å²) < 4.78 is 23.9. The lowest BCUT2D eigenvalue weighted by molar-refractivity contribution is 0.433. The van der Waals surface area contributed by atoms with Crippen molar-refractivity contribution in [2.24, 2.45) is 11.1 Å². The second kappa shape index (κ2) is 3.72. The summed E-state index contributed by atoms with van der Waals surface area (Å²) in [6, 6.07) is 0.0741. The third kappa shape index (κ3) is 2.73. The van der Waals surface area contributed by atoms with Crippen LogP contribution in [0, 0.1) is 5.92 Å². The number of hydrogen-bond donors (Lipinski definition) is 2. The number of nitrogens with one attached hydrogen (secondary N) is 1. The Balaban J connectivity index is 2.52. The van der Waals surface area contributed by atoms with E-state index < -0.39 is 10.2 Å². The zero-order valence-corrected chi connectivity index (χ0v) is 8.10. The van der Waals surface area contributed by atoms with Crippen LogP contribution in [0.25, 0.3) is 0 Å². The molecule has 1 fully saturated rings. The van der Waals surface area contributed by atoms with Crippen molar-refractivity contribution in [3.63, 3.8) is 0 Å². The molecule has 1 rings (SSSR count). The Morgan fingerprint density at radius 1 is 1.50 bits per heavy atom. The van der Waals surface area contributed by atoms with Crippen molar-refractivity contribution in [2.45, 2.75) is 38.6 Å². The van der Waals surface area contributed by atoms with Crippen LogP contribution >= 0.6 is 0 Å². The monoisotopic (exact) mass is 192 g/mol. The highest BCUT2D eigenvalue weighted by molar-refractivity contribution is 7.87. The van der Waals surface area contributed by atoms with Gasteiger partial charge in [0.2, 0.25) is 0 Å². The summed E-state index contributed by atoms with van der Waals surface area (Å²) in [5.74, 6) is 0.475. The Morgan fingerprint density at radius 2 is 2.17 bits per heavy atom. The lowest BCUT2D eigenvalue weighted by Gasteiger charge is -2.17. The van der Waals surface area contributed by atoms with Crippen LogP contribution in [0.4, 0.5) is 0 Å². The molecule has 72 valence electrons. The fourth-order valence-electron chi connectivity index (χ4n) is 1.89. The van der Waals surface area contributed by atoms with Gasteiger partial charge in [-0.05, 0) is 18.8 Å². The van der Waals surface area contributed by atoms with Crippen molar-refractivity contribution in [1.82, 2.24) is 4.72 Å². The van der Waals surface area contributed by atoms with Crippen molar-refractivity contribution in [3.05, 3.63) is 0 Å². The molecule has 0 bridgehead atoms. The maximum atomic E-state index is 10.7. The lowest BCUT2D eigenvalue weighted by Crippen LogP contribution is -2.41. The van der Waals surface area contributed by atoms with E-state index in [1.807, 2.05) is 0 Å². The van der Waals surface area contributed by atoms with E-state index in [9.17, 15) is 8.42 Å². The number of rotatable bonds is 3. The predicted molar refractivity (Wildman–Crippen MR) is 47.7 cm³/mol. The summed E-state index contributed by atoms with van der Waals surface area (Å²) in [4.78, 5) is 0. The molecule has 0 saturated heterocycles. The molecule has 0 amide bonds. The standard InChI is InChI=1S/C7H16N2O2S/c1-2-6-4-3-5-7(6)9-12(8,10)11/h6-7,9H,2-5H2,1H3,(H2,8,10,11). The van der Waals surface area contributed by atoms with Crippen LogP contribution in [-0.2, 0) is 10.2 Å². The molecule has 0 aromatic rings. The first-order valence-corrected chi connectivity index (χ1v) is 5.87. The maximum Gasteiger partial charge on any atom is 0.274 e. The Labute approximate surface area is 73.7 Å². The average molecular weight is 192 g/mol. The van der Waals surface area contributed by atoms with Crippen molar-refractivity contribution in [1.29, 1.82) is 0 Å². The van der Waals surface area contributed by atoms with Gasteiger partial charge in [0.15, 0.2) is 0 Å². The molecule has 0 aromatic heterocycles. The van der Waals surface area contributed by atoms with Crippen LogP contribution < -0.4 is 9.86 Å². The summed E-state index contributed by atoms with van der Waals surface area (Å²) in [6.07, 6.45) is 4.16. The van der Waals surface area contributed by atoms with E-state index in [0.29, 0.717) is 5.92 Å². The summed E-state index contributed by atoms with van der Waals surface area (Å²) in [6.45, 7) is 2.08. The molecule has 0 aromatic carbocycles. The van der Waals surface area contributed by atoms with Crippen LogP contribution in [0.5, 0.6) is 0 Å². The molecule has 0 spiro atoms. The predicted octanol–water partition coefficient (Wildman–Crippen LogP) is 0.358. The van der Waals surface area contributed by atoms with Gasteiger partial charge in [-0.25, -0.2) is 5.14 Å². The van der Waals surface area contributed by atoms with Gasteiger partial charge >= 0.3 is 0 Å². The van der Waals surface area contributed by atoms with Gasteiger partial charge < -0.3 is 0 Å². The van der Waals surface area contributed by atoms with E-state index in [1.165, 1.54) is 0 Å². The normalized spacial score (nSPS) is 30.8. The van der Waals surface area contributed by atoms with Crippen LogP contribution in [0.2, 0.25) is 0 Å². The number of hydrogen-bond acceptors (Lipinski definition) is 2. The topological polar surface area (TPSA) is 72.2 Å². The minimum Gasteiger partial charge on any atom is -0.216 e. The van der Waals surface area contributed by atoms with E-state index in [0.717, 1.165) is 25.7 Å². The van der Waals surface area contributed by atoms with Crippen LogP contribution in [-0.4, -0.2) is 14.5 Å². The fraction of sp³-hybridized carbons (Fsp3) is 1.00. The fourth-order valence-corrected chi connectivity index (χ4v) is 2.62. The van der Waals surface area contributed by atoms with Crippen molar-refractivity contribution in [2.75, 3.05) is 0 Å². The summed E-state index contributed by atoms with van der Waals surface area (Å²) in [5, 5.41) is 4.89. The van der Waals surface area contributed by atoms with Crippen molar-refractivity contribution < 1.29 is 8.42 Å². The Hall–Kier alpha value is -0.130. The molecule has 4 nitrogen and oxygen atoms in total. The van der Waals surface area contributed by atoms with Crippen LogP contribution in [0.1, 0.15) is 32.6 Å². The van der Waals surface area contributed by atoms with Gasteiger partial charge in [-0.15, -0.1) is 0 Å². The largest absolute Gasteiger partial charge is 0.274 e. The van der Waals surface area contributed by atoms with Gasteiger partial charge in [0.1, 0.15) is 0 Å². The molecule has 3 N–H and O–H groups in total. The first kappa shape index (κ1) is 9.95. The lowest BCUT2D eigenvalue weighted by atomic mass is 10.0. The summed E-state index contributed by atoms with van der Waals surface area (Å²) >= 11 is 0. The molecule has 1 saturated carbocycles. The second-order valence-electron chi connectivity index (χ2n) is 3.37. The van der Waals surface area contributed by atoms with Gasteiger partial charge in [-0.1, -0.05) is 19.8 Å². The Kier molecular flexibility index (Phi) is 3.09. The first-order chi connectivity index (χ1) is 5.53. The molecule has 12 heavy (non-hydrogen) atoms. The molecule has 2 unspecified atom stereocenters. The van der Waals surface area contributed by atoms with E-state index in [4.69, 9.17) is 5.14 Å². The van der Waals surface area contributed by atoms with Crippen LogP contribution in [0.3, 0.4) is 0 Å². The third-order valence-corrected chi connectivity index (χ3v) is 3.13. The molecule has 1 aliphatic carbocycles. The molecule has 1 aliphatic rings. The minimum absolute atomic E-state index is 0.0741. The van der Waals surface area contributed by atoms with Gasteiger partial charge in [0, 0.05) is 6.04 Å². The first-order valence-electron chi connectivity index (χ1n) is 4.33. The van der Waals surface area contributed by atoms with Crippen molar-refractivity contribution in [3.8, 4) is 0 Å². The second-order valence-corrected chi connectivity index (χ2v) is 4.69. The summed E-state index contributed by atoms with van der Waals surface area (Å²) in [5.41, 5.74) is 0. The van der Waals surface area contributed by atoms with E-state index in [2.05, 4.69) is 11.6 Å². The molecular weight excluding hydrogens is 176 g/mol. The van der Waals surface area contributed by atoms with E-state index >= 15 is 0 Å². The smallest absolute Gasteiger partial charge is 0.216 e. The molecule has 0 radical (unpaired) electrons. The highest BCUT2D eigenvalue weighted by Crippen LogP contribution is 2.28. The highest BCUT2D eigenvalue weighted by Gasteiger charge is 2.27. The molecule has 2 atom stereocenters. The van der Waals surface area contributed by atoms with Gasteiger partial charge in [0.25, 0.3) is 10.2 Å². The molecule has 5 heteroatoms. The van der Waals surface area contributed by atoms with Crippen molar-refractivity contribution >= 4 is 10.2 Å². The Bertz CT molecular complexity index is 238. The third-order valence-electron chi connectivity index (χ3n) is 2.50. The van der Waals surface area contributed by atoms with Crippen LogP contribution in [0.15, 0.2) is 0 Å². The maximum absolute atomic E-state index is 10.7.